The van der Waals surface area contributed by atoms with Gasteiger partial charge in [0.15, 0.2) is 18.1 Å². The Kier molecular flexibility index (Phi) is 7.52. The maximum absolute atomic E-state index is 12.2. The van der Waals surface area contributed by atoms with Crippen LogP contribution in [0.25, 0.3) is 0 Å². The zero-order valence-electron chi connectivity index (χ0n) is 17.6. The van der Waals surface area contributed by atoms with Crippen molar-refractivity contribution in [3.8, 4) is 11.5 Å². The second kappa shape index (κ2) is 10.3. The van der Waals surface area contributed by atoms with E-state index in [4.69, 9.17) is 9.47 Å². The summed E-state index contributed by atoms with van der Waals surface area (Å²) < 4.78 is 12.8. The second-order valence-electron chi connectivity index (χ2n) is 7.91. The van der Waals surface area contributed by atoms with E-state index >= 15 is 0 Å². The van der Waals surface area contributed by atoms with E-state index < -0.39 is 0 Å². The molecule has 1 aromatic heterocycles. The molecule has 1 aromatic carbocycles. The van der Waals surface area contributed by atoms with Crippen molar-refractivity contribution in [1.29, 1.82) is 0 Å². The summed E-state index contributed by atoms with van der Waals surface area (Å²) in [6.45, 7) is 7.92. The van der Waals surface area contributed by atoms with Crippen molar-refractivity contribution in [2.45, 2.75) is 39.3 Å². The predicted molar refractivity (Wildman–Crippen MR) is 112 cm³/mol. The third-order valence-corrected chi connectivity index (χ3v) is 5.21. The molecular formula is C22H32N4O3. The number of amides is 1. The van der Waals surface area contributed by atoms with Crippen LogP contribution in [0.1, 0.15) is 38.3 Å². The molecule has 1 saturated heterocycles. The highest BCUT2D eigenvalue weighted by Gasteiger charge is 2.21. The number of nitrogens with one attached hydrogen (secondary N) is 1. The molecule has 1 amide bonds. The Hall–Kier alpha value is -2.54. The first-order chi connectivity index (χ1) is 14.0. The van der Waals surface area contributed by atoms with Gasteiger partial charge in [0.1, 0.15) is 0 Å². The summed E-state index contributed by atoms with van der Waals surface area (Å²) in [7, 11) is 1.59. The van der Waals surface area contributed by atoms with Crippen LogP contribution in [-0.2, 0) is 11.3 Å². The van der Waals surface area contributed by atoms with Gasteiger partial charge in [-0.2, -0.15) is 5.10 Å². The van der Waals surface area contributed by atoms with Gasteiger partial charge >= 0.3 is 0 Å². The minimum atomic E-state index is -0.105. The van der Waals surface area contributed by atoms with Gasteiger partial charge in [0.25, 0.3) is 5.91 Å². The number of ether oxygens (including phenoxy) is 2. The van der Waals surface area contributed by atoms with Crippen LogP contribution >= 0.6 is 0 Å². The Bertz CT molecular complexity index is 790. The lowest BCUT2D eigenvalue weighted by atomic mass is 9.97. The summed E-state index contributed by atoms with van der Waals surface area (Å²) in [5.74, 6) is 1.56. The Morgan fingerprint density at radius 1 is 1.31 bits per heavy atom. The number of hydrogen-bond donors (Lipinski definition) is 1. The molecule has 0 unspecified atom stereocenters. The number of aromatic nitrogens is 2. The van der Waals surface area contributed by atoms with Gasteiger partial charge in [0.05, 0.1) is 13.3 Å². The van der Waals surface area contributed by atoms with Crippen molar-refractivity contribution in [2.24, 2.45) is 5.92 Å². The maximum Gasteiger partial charge on any atom is 0.257 e. The molecule has 2 aromatic rings. The molecule has 7 heteroatoms. The lowest BCUT2D eigenvalue weighted by molar-refractivity contribution is -0.123. The Morgan fingerprint density at radius 3 is 2.83 bits per heavy atom. The van der Waals surface area contributed by atoms with E-state index in [1.54, 1.807) is 13.2 Å². The molecule has 158 valence electrons. The van der Waals surface area contributed by atoms with Gasteiger partial charge in [0.2, 0.25) is 0 Å². The first kappa shape index (κ1) is 21.2. The third-order valence-electron chi connectivity index (χ3n) is 5.21. The highest BCUT2D eigenvalue weighted by molar-refractivity contribution is 5.77. The average Bonchev–Trinajstić information content (AvgIpc) is 3.20. The SMILES string of the molecule is COc1ccccc1OCC(=O)NC[C@@H]1CCCN(Cc2cnn(C(C)C)c2)C1. The maximum atomic E-state index is 12.2. The molecule has 0 radical (unpaired) electrons. The summed E-state index contributed by atoms with van der Waals surface area (Å²) in [5, 5.41) is 7.44. The van der Waals surface area contributed by atoms with Crippen LogP contribution in [0.4, 0.5) is 0 Å². The topological polar surface area (TPSA) is 68.6 Å². The largest absolute Gasteiger partial charge is 0.493 e. The first-order valence-corrected chi connectivity index (χ1v) is 10.3. The quantitative estimate of drug-likeness (QED) is 0.701. The predicted octanol–water partition coefficient (Wildman–Crippen LogP) is 2.88. The molecule has 0 spiro atoms. The lowest BCUT2D eigenvalue weighted by Crippen LogP contribution is -2.41. The molecule has 3 rings (SSSR count). The molecule has 0 saturated carbocycles. The van der Waals surface area contributed by atoms with Gasteiger partial charge < -0.3 is 14.8 Å². The van der Waals surface area contributed by atoms with Gasteiger partial charge in [-0.1, -0.05) is 12.1 Å². The number of methoxy groups -OCH3 is 1. The summed E-state index contributed by atoms with van der Waals surface area (Å²) in [6.07, 6.45) is 6.37. The summed E-state index contributed by atoms with van der Waals surface area (Å²) in [5.41, 5.74) is 1.24. The van der Waals surface area contributed by atoms with Crippen LogP contribution in [0.5, 0.6) is 11.5 Å². The zero-order chi connectivity index (χ0) is 20.6. The number of benzene rings is 1. The fourth-order valence-electron chi connectivity index (χ4n) is 3.65. The Labute approximate surface area is 173 Å². The molecule has 1 aliphatic heterocycles. The standard InChI is InChI=1S/C22H32N4O3/c1-17(2)26-15-19(12-24-26)14-25-10-6-7-18(13-25)11-23-22(27)16-29-21-9-5-4-8-20(21)28-3/h4-5,8-9,12,15,17-18H,6-7,10-11,13-14,16H2,1-3H3,(H,23,27)/t18-/m0/s1. The van der Waals surface area contributed by atoms with Crippen LogP contribution < -0.4 is 14.8 Å². The van der Waals surface area contributed by atoms with E-state index in [2.05, 4.69) is 35.4 Å². The molecule has 1 fully saturated rings. The van der Waals surface area contributed by atoms with E-state index in [1.807, 2.05) is 29.1 Å². The second-order valence-corrected chi connectivity index (χ2v) is 7.91. The number of likely N-dealkylation sites (tertiary alicyclic amines) is 1. The third kappa shape index (κ3) is 6.22. The number of piperidine rings is 1. The smallest absolute Gasteiger partial charge is 0.257 e. The van der Waals surface area contributed by atoms with Crippen molar-refractivity contribution in [3.63, 3.8) is 0 Å². The van der Waals surface area contributed by atoms with Crippen LogP contribution in [-0.4, -0.2) is 53.9 Å². The Balaban J connectivity index is 1.41. The van der Waals surface area contributed by atoms with Crippen molar-refractivity contribution in [3.05, 3.63) is 42.2 Å². The van der Waals surface area contributed by atoms with Crippen LogP contribution in [0.2, 0.25) is 0 Å². The zero-order valence-corrected chi connectivity index (χ0v) is 17.6. The molecule has 1 aliphatic rings. The fraction of sp³-hybridized carbons (Fsp3) is 0.545. The molecule has 0 bridgehead atoms. The molecule has 29 heavy (non-hydrogen) atoms. The van der Waals surface area contributed by atoms with E-state index in [0.717, 1.165) is 32.5 Å². The molecule has 0 aliphatic carbocycles. The van der Waals surface area contributed by atoms with Gasteiger partial charge in [0, 0.05) is 37.4 Å². The number of nitrogens with zero attached hydrogens (tertiary/aromatic N) is 3. The van der Waals surface area contributed by atoms with Crippen LogP contribution in [0.3, 0.4) is 0 Å². The van der Waals surface area contributed by atoms with Gasteiger partial charge in [-0.3, -0.25) is 14.4 Å². The molecule has 1 N–H and O–H groups in total. The fourth-order valence-corrected chi connectivity index (χ4v) is 3.65. The highest BCUT2D eigenvalue weighted by atomic mass is 16.5. The summed E-state index contributed by atoms with van der Waals surface area (Å²) in [4.78, 5) is 14.6. The van der Waals surface area contributed by atoms with E-state index in [0.29, 0.717) is 30.0 Å². The van der Waals surface area contributed by atoms with Gasteiger partial charge in [-0.05, 0) is 51.3 Å². The van der Waals surface area contributed by atoms with Gasteiger partial charge in [-0.15, -0.1) is 0 Å². The van der Waals surface area contributed by atoms with E-state index in [-0.39, 0.29) is 12.5 Å². The van der Waals surface area contributed by atoms with Crippen molar-refractivity contribution in [1.82, 2.24) is 20.0 Å². The minimum Gasteiger partial charge on any atom is -0.493 e. The number of carbonyl (C=O) groups is 1. The first-order valence-electron chi connectivity index (χ1n) is 10.3. The summed E-state index contributed by atoms with van der Waals surface area (Å²) in [6, 6.07) is 7.72. The normalized spacial score (nSPS) is 17.3. The number of hydrogen-bond acceptors (Lipinski definition) is 5. The van der Waals surface area contributed by atoms with E-state index in [9.17, 15) is 4.79 Å². The van der Waals surface area contributed by atoms with Crippen molar-refractivity contribution < 1.29 is 14.3 Å². The van der Waals surface area contributed by atoms with Crippen LogP contribution in [0, 0.1) is 5.92 Å². The van der Waals surface area contributed by atoms with Crippen molar-refractivity contribution in [2.75, 3.05) is 33.4 Å². The number of rotatable bonds is 9. The van der Waals surface area contributed by atoms with E-state index in [1.165, 1.54) is 5.56 Å². The number of para-hydroxylation sites is 2. The van der Waals surface area contributed by atoms with Crippen molar-refractivity contribution >= 4 is 5.91 Å². The molecule has 2 heterocycles. The summed E-state index contributed by atoms with van der Waals surface area (Å²) >= 11 is 0. The highest BCUT2D eigenvalue weighted by Crippen LogP contribution is 2.25. The monoisotopic (exact) mass is 400 g/mol. The average molecular weight is 401 g/mol. The Morgan fingerprint density at radius 2 is 2.10 bits per heavy atom. The number of carbonyl (C=O) groups excluding carboxylic acids is 1. The molecule has 7 nitrogen and oxygen atoms in total. The molecule has 1 atom stereocenters. The van der Waals surface area contributed by atoms with Crippen LogP contribution in [0.15, 0.2) is 36.7 Å². The molecular weight excluding hydrogens is 368 g/mol. The van der Waals surface area contributed by atoms with Gasteiger partial charge in [-0.25, -0.2) is 0 Å². The minimum absolute atomic E-state index is 0.00874. The lowest BCUT2D eigenvalue weighted by Gasteiger charge is -2.32.